The number of hydrogen-bond acceptors (Lipinski definition) is 2. The first-order chi connectivity index (χ1) is 11.1. The van der Waals surface area contributed by atoms with Crippen molar-refractivity contribution in [3.8, 4) is 0 Å². The Balaban J connectivity index is 1.74. The van der Waals surface area contributed by atoms with Crippen LogP contribution >= 0.6 is 11.6 Å². The summed E-state index contributed by atoms with van der Waals surface area (Å²) >= 11 is 6.14. The van der Waals surface area contributed by atoms with Gasteiger partial charge >= 0.3 is 0 Å². The van der Waals surface area contributed by atoms with Gasteiger partial charge in [0.05, 0.1) is 11.7 Å². The summed E-state index contributed by atoms with van der Waals surface area (Å²) in [5.41, 5.74) is 2.49. The van der Waals surface area contributed by atoms with Crippen LogP contribution in [0.5, 0.6) is 0 Å². The normalized spacial score (nSPS) is 12.6. The second-order valence-corrected chi connectivity index (χ2v) is 5.55. The summed E-state index contributed by atoms with van der Waals surface area (Å²) in [5.74, 6) is -0.177. The van der Waals surface area contributed by atoms with Gasteiger partial charge in [-0.1, -0.05) is 48.0 Å². The van der Waals surface area contributed by atoms with Crippen LogP contribution in [0, 0.1) is 0 Å². The molecule has 0 aliphatic heterocycles. The zero-order chi connectivity index (χ0) is 16.2. The van der Waals surface area contributed by atoms with Crippen molar-refractivity contribution in [2.45, 2.75) is 13.0 Å². The van der Waals surface area contributed by atoms with Crippen molar-refractivity contribution in [3.05, 3.63) is 77.2 Å². The molecule has 2 heterocycles. The highest BCUT2D eigenvalue weighted by Crippen LogP contribution is 2.19. The third kappa shape index (κ3) is 3.43. The lowest BCUT2D eigenvalue weighted by Gasteiger charge is -2.12. The van der Waals surface area contributed by atoms with Crippen LogP contribution in [0.15, 0.2) is 60.8 Å². The number of carbonyl (C=O) groups is 1. The van der Waals surface area contributed by atoms with Gasteiger partial charge in [0, 0.05) is 12.3 Å². The van der Waals surface area contributed by atoms with Crippen LogP contribution in [0.4, 0.5) is 0 Å². The fourth-order valence-corrected chi connectivity index (χ4v) is 2.62. The molecule has 0 radical (unpaired) electrons. The maximum atomic E-state index is 12.1. The topological polar surface area (TPSA) is 46.4 Å². The third-order valence-electron chi connectivity index (χ3n) is 3.57. The molecule has 0 spiro atoms. The Kier molecular flexibility index (Phi) is 4.44. The van der Waals surface area contributed by atoms with Gasteiger partial charge in [0.1, 0.15) is 5.65 Å². The average Bonchev–Trinajstić information content (AvgIpc) is 2.89. The molecule has 1 N–H and O–H groups in total. The van der Waals surface area contributed by atoms with E-state index in [0.29, 0.717) is 10.8 Å². The van der Waals surface area contributed by atoms with E-state index in [1.807, 2.05) is 66.1 Å². The van der Waals surface area contributed by atoms with E-state index in [1.54, 1.807) is 6.08 Å². The number of imidazole rings is 1. The summed E-state index contributed by atoms with van der Waals surface area (Å²) in [6.07, 6.45) is 5.01. The smallest absolute Gasteiger partial charge is 0.244 e. The lowest BCUT2D eigenvalue weighted by molar-refractivity contribution is -0.117. The Morgan fingerprint density at radius 1 is 1.22 bits per heavy atom. The Labute approximate surface area is 139 Å². The molecule has 1 amide bonds. The lowest BCUT2D eigenvalue weighted by Crippen LogP contribution is -2.24. The number of carbonyl (C=O) groups excluding carboxylic acids is 1. The fraction of sp³-hybridized carbons (Fsp3) is 0.111. The number of nitrogens with zero attached hydrogens (tertiary/aromatic N) is 2. The summed E-state index contributed by atoms with van der Waals surface area (Å²) in [6.45, 7) is 1.95. The number of rotatable bonds is 4. The van der Waals surface area contributed by atoms with E-state index in [4.69, 9.17) is 11.6 Å². The predicted octanol–water partition coefficient (Wildman–Crippen LogP) is 3.88. The van der Waals surface area contributed by atoms with Crippen LogP contribution < -0.4 is 5.32 Å². The zero-order valence-electron chi connectivity index (χ0n) is 12.6. The number of benzene rings is 1. The molecule has 0 saturated heterocycles. The Hall–Kier alpha value is -2.59. The fourth-order valence-electron chi connectivity index (χ4n) is 2.38. The molecule has 0 bridgehead atoms. The molecule has 0 saturated carbocycles. The van der Waals surface area contributed by atoms with Crippen LogP contribution in [-0.4, -0.2) is 15.3 Å². The summed E-state index contributed by atoms with van der Waals surface area (Å²) in [6, 6.07) is 15.4. The molecule has 4 nitrogen and oxygen atoms in total. The summed E-state index contributed by atoms with van der Waals surface area (Å²) in [5, 5.41) is 3.30. The second kappa shape index (κ2) is 6.67. The standard InChI is InChI=1S/C18H16ClN3O/c1-13(14-7-3-2-4-8-14)20-17(23)11-10-15-18(19)21-16-9-5-6-12-22(15)16/h2-13H,1H3,(H,20,23)/b11-10+/t13-/m0/s1. The third-order valence-corrected chi connectivity index (χ3v) is 3.85. The van der Waals surface area contributed by atoms with Crippen molar-refractivity contribution in [2.24, 2.45) is 0 Å². The highest BCUT2D eigenvalue weighted by molar-refractivity contribution is 6.31. The molecule has 0 fully saturated rings. The van der Waals surface area contributed by atoms with Crippen molar-refractivity contribution in [1.82, 2.24) is 14.7 Å². The number of aromatic nitrogens is 2. The molecule has 0 unspecified atom stereocenters. The number of pyridine rings is 1. The molecule has 1 atom stereocenters. The number of fused-ring (bicyclic) bond motifs is 1. The van der Waals surface area contributed by atoms with Gasteiger partial charge in [-0.2, -0.15) is 0 Å². The number of nitrogens with one attached hydrogen (secondary N) is 1. The molecular formula is C18H16ClN3O. The number of halogens is 1. The van der Waals surface area contributed by atoms with E-state index in [0.717, 1.165) is 11.2 Å². The van der Waals surface area contributed by atoms with Crippen molar-refractivity contribution in [2.75, 3.05) is 0 Å². The van der Waals surface area contributed by atoms with Crippen LogP contribution in [0.2, 0.25) is 5.15 Å². The summed E-state index contributed by atoms with van der Waals surface area (Å²) < 4.78 is 1.84. The molecular weight excluding hydrogens is 310 g/mol. The van der Waals surface area contributed by atoms with Gasteiger partial charge < -0.3 is 5.32 Å². The number of hydrogen-bond donors (Lipinski definition) is 1. The molecule has 0 aliphatic rings. The van der Waals surface area contributed by atoms with Crippen LogP contribution in [0.25, 0.3) is 11.7 Å². The van der Waals surface area contributed by atoms with Crippen LogP contribution in [0.3, 0.4) is 0 Å². The van der Waals surface area contributed by atoms with Gasteiger partial charge in [-0.05, 0) is 30.7 Å². The quantitative estimate of drug-likeness (QED) is 0.740. The van der Waals surface area contributed by atoms with Gasteiger partial charge in [0.25, 0.3) is 0 Å². The van der Waals surface area contributed by atoms with Crippen molar-refractivity contribution in [1.29, 1.82) is 0 Å². The molecule has 116 valence electrons. The van der Waals surface area contributed by atoms with Crippen molar-refractivity contribution in [3.63, 3.8) is 0 Å². The summed E-state index contributed by atoms with van der Waals surface area (Å²) in [4.78, 5) is 16.3. The molecule has 0 aliphatic carbocycles. The molecule has 23 heavy (non-hydrogen) atoms. The maximum Gasteiger partial charge on any atom is 0.244 e. The second-order valence-electron chi connectivity index (χ2n) is 5.19. The van der Waals surface area contributed by atoms with E-state index < -0.39 is 0 Å². The lowest BCUT2D eigenvalue weighted by atomic mass is 10.1. The molecule has 5 heteroatoms. The van der Waals surface area contributed by atoms with Crippen molar-refractivity contribution >= 4 is 29.2 Å². The van der Waals surface area contributed by atoms with Gasteiger partial charge in [-0.3, -0.25) is 9.20 Å². The van der Waals surface area contributed by atoms with E-state index in [2.05, 4.69) is 10.3 Å². The van der Waals surface area contributed by atoms with Gasteiger partial charge in [-0.15, -0.1) is 0 Å². The van der Waals surface area contributed by atoms with Gasteiger partial charge in [0.15, 0.2) is 5.15 Å². The molecule has 2 aromatic heterocycles. The molecule has 3 rings (SSSR count). The first-order valence-electron chi connectivity index (χ1n) is 7.31. The van der Waals surface area contributed by atoms with Gasteiger partial charge in [-0.25, -0.2) is 4.98 Å². The van der Waals surface area contributed by atoms with Crippen LogP contribution in [0.1, 0.15) is 24.2 Å². The average molecular weight is 326 g/mol. The molecule has 1 aromatic carbocycles. The van der Waals surface area contributed by atoms with Crippen LogP contribution in [-0.2, 0) is 4.79 Å². The van der Waals surface area contributed by atoms with E-state index >= 15 is 0 Å². The first kappa shape index (κ1) is 15.3. The van der Waals surface area contributed by atoms with Crippen molar-refractivity contribution < 1.29 is 4.79 Å². The highest BCUT2D eigenvalue weighted by atomic mass is 35.5. The van der Waals surface area contributed by atoms with E-state index in [-0.39, 0.29) is 11.9 Å². The van der Waals surface area contributed by atoms with Gasteiger partial charge in [0.2, 0.25) is 5.91 Å². The zero-order valence-corrected chi connectivity index (χ0v) is 13.4. The predicted molar refractivity (Wildman–Crippen MR) is 92.2 cm³/mol. The SMILES string of the molecule is C[C@H](NC(=O)/C=C/c1c(Cl)nc2ccccn12)c1ccccc1. The first-order valence-corrected chi connectivity index (χ1v) is 7.69. The van der Waals surface area contributed by atoms with E-state index in [9.17, 15) is 4.79 Å². The highest BCUT2D eigenvalue weighted by Gasteiger charge is 2.09. The Morgan fingerprint density at radius 2 is 1.96 bits per heavy atom. The number of amides is 1. The minimum Gasteiger partial charge on any atom is -0.346 e. The minimum atomic E-state index is -0.177. The Morgan fingerprint density at radius 3 is 2.74 bits per heavy atom. The Bertz CT molecular complexity index is 855. The monoisotopic (exact) mass is 325 g/mol. The largest absolute Gasteiger partial charge is 0.346 e. The molecule has 3 aromatic rings. The summed E-state index contributed by atoms with van der Waals surface area (Å²) in [7, 11) is 0. The minimum absolute atomic E-state index is 0.0639. The maximum absolute atomic E-state index is 12.1. The van der Waals surface area contributed by atoms with E-state index in [1.165, 1.54) is 6.08 Å².